The fraction of sp³-hybridized carbons (Fsp3) is 0.167. The number of carboxylic acid groups (broad SMARTS) is 1. The molecule has 0 rings (SSSR count). The zero-order valence-electron chi connectivity index (χ0n) is 6.16. The topological polar surface area (TPSA) is 92.4 Å². The van der Waals surface area contributed by atoms with Gasteiger partial charge in [0.25, 0.3) is 5.91 Å². The average molecular weight is 188 g/mol. The molecular weight excluding hydrogens is 180 g/mol. The van der Waals surface area contributed by atoms with Crippen LogP contribution < -0.4 is 11.1 Å². The third-order valence-electron chi connectivity index (χ3n) is 0.922. The summed E-state index contributed by atoms with van der Waals surface area (Å²) in [5.41, 5.74) is 4.89. The number of hydrogen-bond donors (Lipinski definition) is 3. The van der Waals surface area contributed by atoms with E-state index in [0.717, 1.165) is 0 Å². The number of hydrogen-bond acceptors (Lipinski definition) is 3. The molecule has 0 aliphatic heterocycles. The molecule has 1 amide bonds. The second-order valence-electron chi connectivity index (χ2n) is 1.99. The molecule has 6 heteroatoms. The lowest BCUT2D eigenvalue weighted by atomic mass is 10.2. The van der Waals surface area contributed by atoms with E-state index in [0.29, 0.717) is 0 Å². The highest BCUT2D eigenvalue weighted by molar-refractivity contribution is 7.80. The molecule has 0 saturated carbocycles. The normalized spacial score (nSPS) is 8.67. The van der Waals surface area contributed by atoms with Crippen molar-refractivity contribution in [2.75, 3.05) is 0 Å². The summed E-state index contributed by atoms with van der Waals surface area (Å²) >= 11 is 4.36. The Morgan fingerprint density at radius 2 is 2.08 bits per heavy atom. The number of nitrogens with one attached hydrogen (secondary N) is 1. The Balaban J connectivity index is 4.03. The highest BCUT2D eigenvalue weighted by Crippen LogP contribution is 1.96. The Morgan fingerprint density at radius 1 is 1.58 bits per heavy atom. The van der Waals surface area contributed by atoms with E-state index in [1.165, 1.54) is 0 Å². The van der Waals surface area contributed by atoms with Gasteiger partial charge < -0.3 is 10.8 Å². The Kier molecular flexibility index (Phi) is 3.92. The quantitative estimate of drug-likeness (QED) is 0.405. The van der Waals surface area contributed by atoms with Gasteiger partial charge in [-0.15, -0.1) is 0 Å². The number of thiocarbonyl (C=S) groups is 1. The van der Waals surface area contributed by atoms with Crippen molar-refractivity contribution < 1.29 is 14.7 Å². The molecule has 0 aromatic carbocycles. The second-order valence-corrected chi connectivity index (χ2v) is 2.43. The van der Waals surface area contributed by atoms with Crippen LogP contribution in [0.5, 0.6) is 0 Å². The first-order valence-electron chi connectivity index (χ1n) is 2.94. The van der Waals surface area contributed by atoms with E-state index in [2.05, 4.69) is 24.1 Å². The first-order valence-corrected chi connectivity index (χ1v) is 3.34. The molecule has 0 spiro atoms. The molecular formula is C6H8N2O3S. The molecule has 0 aliphatic carbocycles. The van der Waals surface area contributed by atoms with Gasteiger partial charge >= 0.3 is 5.97 Å². The SMILES string of the molecule is C=C(CC(=O)O)C(=O)NC(N)=S. The molecule has 5 nitrogen and oxygen atoms in total. The fourth-order valence-electron chi connectivity index (χ4n) is 0.463. The molecule has 12 heavy (non-hydrogen) atoms. The van der Waals surface area contributed by atoms with E-state index in [9.17, 15) is 9.59 Å². The third-order valence-corrected chi connectivity index (χ3v) is 1.02. The molecule has 0 fully saturated rings. The van der Waals surface area contributed by atoms with Crippen LogP contribution in [0.4, 0.5) is 0 Å². The van der Waals surface area contributed by atoms with Gasteiger partial charge in [-0.25, -0.2) is 0 Å². The van der Waals surface area contributed by atoms with E-state index in [4.69, 9.17) is 10.8 Å². The number of amides is 1. The highest BCUT2D eigenvalue weighted by atomic mass is 32.1. The summed E-state index contributed by atoms with van der Waals surface area (Å²) in [5.74, 6) is -1.79. The van der Waals surface area contributed by atoms with E-state index >= 15 is 0 Å². The maximum absolute atomic E-state index is 10.8. The van der Waals surface area contributed by atoms with Crippen LogP contribution in [0.2, 0.25) is 0 Å². The first-order chi connectivity index (χ1) is 5.43. The zero-order valence-corrected chi connectivity index (χ0v) is 6.98. The van der Waals surface area contributed by atoms with Crippen molar-refractivity contribution in [2.45, 2.75) is 6.42 Å². The molecule has 0 unspecified atom stereocenters. The number of nitrogens with two attached hydrogens (primary N) is 1. The summed E-state index contributed by atoms with van der Waals surface area (Å²) < 4.78 is 0. The molecule has 0 saturated heterocycles. The van der Waals surface area contributed by atoms with Gasteiger partial charge in [-0.3, -0.25) is 14.9 Å². The molecule has 0 heterocycles. The van der Waals surface area contributed by atoms with Crippen LogP contribution in [0.25, 0.3) is 0 Å². The second kappa shape index (κ2) is 4.45. The lowest BCUT2D eigenvalue weighted by molar-refractivity contribution is -0.137. The smallest absolute Gasteiger partial charge is 0.308 e. The zero-order chi connectivity index (χ0) is 9.72. The summed E-state index contributed by atoms with van der Waals surface area (Å²) in [7, 11) is 0. The molecule has 0 bridgehead atoms. The maximum atomic E-state index is 10.8. The van der Waals surface area contributed by atoms with Gasteiger partial charge in [-0.2, -0.15) is 0 Å². The van der Waals surface area contributed by atoms with Crippen molar-refractivity contribution in [2.24, 2.45) is 5.73 Å². The lowest BCUT2D eigenvalue weighted by Crippen LogP contribution is -2.35. The average Bonchev–Trinajstić information content (AvgIpc) is 1.84. The number of carboxylic acids is 1. The predicted octanol–water partition coefficient (Wildman–Crippen LogP) is -0.623. The van der Waals surface area contributed by atoms with Crippen LogP contribution in [-0.4, -0.2) is 22.1 Å². The minimum atomic E-state index is -1.13. The van der Waals surface area contributed by atoms with Gasteiger partial charge in [0.15, 0.2) is 5.11 Å². The van der Waals surface area contributed by atoms with Crippen molar-refractivity contribution in [1.29, 1.82) is 0 Å². The summed E-state index contributed by atoms with van der Waals surface area (Å²) in [5, 5.41) is 10.1. The highest BCUT2D eigenvalue weighted by Gasteiger charge is 2.10. The van der Waals surface area contributed by atoms with Crippen molar-refractivity contribution >= 4 is 29.2 Å². The van der Waals surface area contributed by atoms with E-state index in [-0.39, 0.29) is 10.7 Å². The number of rotatable bonds is 3. The standard InChI is InChI=1S/C6H8N2O3S/c1-3(2-4(9)10)5(11)8-6(7)12/h1-2H2,(H,9,10)(H3,7,8,11,12). The Labute approximate surface area is 74.2 Å². The largest absolute Gasteiger partial charge is 0.481 e. The maximum Gasteiger partial charge on any atom is 0.308 e. The van der Waals surface area contributed by atoms with Crippen molar-refractivity contribution in [3.05, 3.63) is 12.2 Å². The van der Waals surface area contributed by atoms with Gasteiger partial charge in [0, 0.05) is 5.57 Å². The van der Waals surface area contributed by atoms with Gasteiger partial charge in [0.05, 0.1) is 6.42 Å². The number of aliphatic carboxylic acids is 1. The van der Waals surface area contributed by atoms with Crippen LogP contribution in [0.1, 0.15) is 6.42 Å². The minimum Gasteiger partial charge on any atom is -0.481 e. The Morgan fingerprint density at radius 3 is 2.42 bits per heavy atom. The van der Waals surface area contributed by atoms with Crippen LogP contribution in [0.3, 0.4) is 0 Å². The van der Waals surface area contributed by atoms with Crippen molar-refractivity contribution in [3.63, 3.8) is 0 Å². The van der Waals surface area contributed by atoms with Gasteiger partial charge in [0.2, 0.25) is 0 Å². The summed E-state index contributed by atoms with van der Waals surface area (Å²) in [6, 6.07) is 0. The van der Waals surface area contributed by atoms with Gasteiger partial charge in [0.1, 0.15) is 0 Å². The first kappa shape index (κ1) is 10.6. The molecule has 4 N–H and O–H groups in total. The Hall–Kier alpha value is -1.43. The van der Waals surface area contributed by atoms with E-state index < -0.39 is 18.3 Å². The van der Waals surface area contributed by atoms with E-state index in [1.54, 1.807) is 0 Å². The third kappa shape index (κ3) is 4.40. The monoisotopic (exact) mass is 188 g/mol. The summed E-state index contributed by atoms with van der Waals surface area (Å²) in [6.07, 6.45) is -0.422. The fourth-order valence-corrected chi connectivity index (χ4v) is 0.556. The minimum absolute atomic E-state index is 0.0877. The van der Waals surface area contributed by atoms with Gasteiger partial charge in [-0.05, 0) is 12.2 Å². The van der Waals surface area contributed by atoms with Crippen molar-refractivity contribution in [1.82, 2.24) is 5.32 Å². The number of carbonyl (C=O) groups excluding carboxylic acids is 1. The number of carbonyl (C=O) groups is 2. The van der Waals surface area contributed by atoms with E-state index in [1.807, 2.05) is 0 Å². The van der Waals surface area contributed by atoms with Crippen molar-refractivity contribution in [3.8, 4) is 0 Å². The van der Waals surface area contributed by atoms with Crippen LogP contribution in [-0.2, 0) is 9.59 Å². The molecule has 0 aromatic heterocycles. The van der Waals surface area contributed by atoms with Crippen LogP contribution >= 0.6 is 12.2 Å². The molecule has 0 atom stereocenters. The van der Waals surface area contributed by atoms with Crippen LogP contribution in [0.15, 0.2) is 12.2 Å². The lowest BCUT2D eigenvalue weighted by Gasteiger charge is -2.02. The van der Waals surface area contributed by atoms with Gasteiger partial charge in [-0.1, -0.05) is 6.58 Å². The summed E-state index contributed by atoms with van der Waals surface area (Å²) in [4.78, 5) is 20.9. The predicted molar refractivity (Wildman–Crippen MR) is 46.3 cm³/mol. The molecule has 0 aliphatic rings. The molecule has 0 aromatic rings. The molecule has 0 radical (unpaired) electrons. The molecule has 66 valence electrons. The Bertz CT molecular complexity index is 223. The summed E-state index contributed by atoms with van der Waals surface area (Å²) in [6.45, 7) is 3.24. The van der Waals surface area contributed by atoms with Crippen LogP contribution in [0, 0.1) is 0 Å².